The Morgan fingerprint density at radius 3 is 2.79 bits per heavy atom. The van der Waals surface area contributed by atoms with Gasteiger partial charge in [0.2, 0.25) is 0 Å². The molecule has 19 heavy (non-hydrogen) atoms. The number of rotatable bonds is 7. The summed E-state index contributed by atoms with van der Waals surface area (Å²) in [6.45, 7) is 5.44. The van der Waals surface area contributed by atoms with Crippen LogP contribution in [0.4, 0.5) is 0 Å². The van der Waals surface area contributed by atoms with Crippen molar-refractivity contribution in [2.45, 2.75) is 26.8 Å². The Bertz CT molecular complexity index is 478. The second-order valence-corrected chi connectivity index (χ2v) is 4.46. The van der Waals surface area contributed by atoms with Gasteiger partial charge in [0.05, 0.1) is 12.7 Å². The zero-order valence-electron chi connectivity index (χ0n) is 11.8. The van der Waals surface area contributed by atoms with Gasteiger partial charge in [-0.1, -0.05) is 0 Å². The monoisotopic (exact) mass is 260 g/mol. The number of carbonyl (C=O) groups is 1. The third kappa shape index (κ3) is 4.72. The van der Waals surface area contributed by atoms with E-state index in [0.717, 1.165) is 11.3 Å². The molecule has 0 N–H and O–H groups in total. The lowest BCUT2D eigenvalue weighted by Gasteiger charge is -2.18. The number of ether oxygens (including phenoxy) is 1. The molecular weight excluding hydrogens is 240 g/mol. The topological polar surface area (TPSA) is 53.3 Å². The summed E-state index contributed by atoms with van der Waals surface area (Å²) in [4.78, 5) is 13.5. The van der Waals surface area contributed by atoms with E-state index in [1.807, 2.05) is 31.0 Å². The summed E-state index contributed by atoms with van der Waals surface area (Å²) >= 11 is 0. The number of carbonyl (C=O) groups excluding carboxylic acids is 1. The maximum atomic E-state index is 11.4. The van der Waals surface area contributed by atoms with Gasteiger partial charge in [0.1, 0.15) is 5.75 Å². The van der Waals surface area contributed by atoms with Gasteiger partial charge in [0.15, 0.2) is 5.78 Å². The Hall–Kier alpha value is -1.86. The molecule has 0 amide bonds. The summed E-state index contributed by atoms with van der Waals surface area (Å²) in [6.07, 6.45) is 0.493. The van der Waals surface area contributed by atoms with Crippen molar-refractivity contribution in [1.29, 1.82) is 5.26 Å². The molecule has 0 aliphatic heterocycles. The first kappa shape index (κ1) is 15.2. The molecule has 0 unspecified atom stereocenters. The van der Waals surface area contributed by atoms with E-state index >= 15 is 0 Å². The summed E-state index contributed by atoms with van der Waals surface area (Å²) in [5.74, 6) is 0.847. The fraction of sp³-hybridized carbons (Fsp3) is 0.467. The third-order valence-corrected chi connectivity index (χ3v) is 2.81. The smallest absolute Gasteiger partial charge is 0.159 e. The summed E-state index contributed by atoms with van der Waals surface area (Å²) in [6, 6.07) is 7.62. The molecule has 0 saturated heterocycles. The van der Waals surface area contributed by atoms with Crippen LogP contribution >= 0.6 is 0 Å². The minimum absolute atomic E-state index is 0.0453. The molecule has 0 heterocycles. The SMILES string of the molecule is CCOc1ccc(C(C)=O)cc1CN(C)CCC#N. The van der Waals surface area contributed by atoms with E-state index in [-0.39, 0.29) is 5.78 Å². The van der Waals surface area contributed by atoms with Crippen molar-refractivity contribution < 1.29 is 9.53 Å². The van der Waals surface area contributed by atoms with E-state index in [0.29, 0.717) is 31.7 Å². The first-order chi connectivity index (χ1) is 9.08. The minimum Gasteiger partial charge on any atom is -0.494 e. The largest absolute Gasteiger partial charge is 0.494 e. The van der Waals surface area contributed by atoms with Crippen LogP contribution in [0, 0.1) is 11.3 Å². The molecule has 0 aromatic heterocycles. The first-order valence-electron chi connectivity index (χ1n) is 6.40. The molecule has 0 aliphatic rings. The molecule has 0 atom stereocenters. The number of benzene rings is 1. The zero-order chi connectivity index (χ0) is 14.3. The lowest BCUT2D eigenvalue weighted by Crippen LogP contribution is -2.19. The van der Waals surface area contributed by atoms with E-state index in [4.69, 9.17) is 10.00 Å². The van der Waals surface area contributed by atoms with E-state index in [1.165, 1.54) is 0 Å². The maximum absolute atomic E-state index is 11.4. The van der Waals surface area contributed by atoms with Gasteiger partial charge < -0.3 is 9.64 Å². The molecule has 4 nitrogen and oxygen atoms in total. The van der Waals surface area contributed by atoms with Crippen molar-refractivity contribution in [3.05, 3.63) is 29.3 Å². The second-order valence-electron chi connectivity index (χ2n) is 4.46. The molecule has 0 fully saturated rings. The molecule has 0 spiro atoms. The Balaban J connectivity index is 2.90. The van der Waals surface area contributed by atoms with E-state index in [1.54, 1.807) is 13.0 Å². The van der Waals surface area contributed by atoms with E-state index < -0.39 is 0 Å². The zero-order valence-corrected chi connectivity index (χ0v) is 11.8. The van der Waals surface area contributed by atoms with Crippen LogP contribution in [0.3, 0.4) is 0 Å². The van der Waals surface area contributed by atoms with Gasteiger partial charge in [-0.15, -0.1) is 0 Å². The van der Waals surface area contributed by atoms with Crippen molar-refractivity contribution in [2.75, 3.05) is 20.2 Å². The fourth-order valence-corrected chi connectivity index (χ4v) is 1.83. The summed E-state index contributed by atoms with van der Waals surface area (Å²) in [5, 5.41) is 8.59. The van der Waals surface area contributed by atoms with Crippen LogP contribution in [-0.4, -0.2) is 30.9 Å². The minimum atomic E-state index is 0.0453. The van der Waals surface area contributed by atoms with Crippen LogP contribution < -0.4 is 4.74 Å². The van der Waals surface area contributed by atoms with Gasteiger partial charge in [-0.2, -0.15) is 5.26 Å². The average molecular weight is 260 g/mol. The molecule has 102 valence electrons. The normalized spacial score (nSPS) is 10.3. The number of hydrogen-bond acceptors (Lipinski definition) is 4. The van der Waals surface area contributed by atoms with Gasteiger partial charge in [-0.25, -0.2) is 0 Å². The van der Waals surface area contributed by atoms with Gasteiger partial charge in [-0.3, -0.25) is 4.79 Å². The Kier molecular flexibility index (Phi) is 6.04. The van der Waals surface area contributed by atoms with Crippen LogP contribution in [0.5, 0.6) is 5.75 Å². The highest BCUT2D eigenvalue weighted by molar-refractivity contribution is 5.94. The number of Topliss-reactive ketones (excluding diaryl/α,β-unsaturated/α-hetero) is 1. The predicted molar refractivity (Wildman–Crippen MR) is 74.2 cm³/mol. The number of hydrogen-bond donors (Lipinski definition) is 0. The van der Waals surface area contributed by atoms with Gasteiger partial charge in [0, 0.05) is 30.6 Å². The highest BCUT2D eigenvalue weighted by Crippen LogP contribution is 2.22. The average Bonchev–Trinajstić information content (AvgIpc) is 2.38. The predicted octanol–water partition coefficient (Wildman–Crippen LogP) is 2.63. The molecular formula is C15H20N2O2. The summed E-state index contributed by atoms with van der Waals surface area (Å²) in [5.41, 5.74) is 1.67. The van der Waals surface area contributed by atoms with Crippen molar-refractivity contribution in [2.24, 2.45) is 0 Å². The molecule has 1 aromatic rings. The second kappa shape index (κ2) is 7.55. The van der Waals surface area contributed by atoms with Gasteiger partial charge in [-0.05, 0) is 39.1 Å². The molecule has 0 aliphatic carbocycles. The lowest BCUT2D eigenvalue weighted by molar-refractivity contribution is 0.101. The Morgan fingerprint density at radius 2 is 2.21 bits per heavy atom. The van der Waals surface area contributed by atoms with Crippen LogP contribution in [0.2, 0.25) is 0 Å². The highest BCUT2D eigenvalue weighted by Gasteiger charge is 2.10. The third-order valence-electron chi connectivity index (χ3n) is 2.81. The van der Waals surface area contributed by atoms with Crippen LogP contribution in [0.15, 0.2) is 18.2 Å². The molecule has 1 aromatic carbocycles. The van der Waals surface area contributed by atoms with E-state index in [2.05, 4.69) is 6.07 Å². The molecule has 0 radical (unpaired) electrons. The van der Waals surface area contributed by atoms with Crippen LogP contribution in [0.25, 0.3) is 0 Å². The lowest BCUT2D eigenvalue weighted by atomic mass is 10.1. The van der Waals surface area contributed by atoms with Crippen LogP contribution in [-0.2, 0) is 6.54 Å². The van der Waals surface area contributed by atoms with Gasteiger partial charge in [0.25, 0.3) is 0 Å². The van der Waals surface area contributed by atoms with Crippen LogP contribution in [0.1, 0.15) is 36.2 Å². The van der Waals surface area contributed by atoms with Crippen molar-refractivity contribution in [3.63, 3.8) is 0 Å². The Morgan fingerprint density at radius 1 is 1.47 bits per heavy atom. The molecule has 4 heteroatoms. The summed E-state index contributed by atoms with van der Waals surface area (Å²) in [7, 11) is 1.95. The highest BCUT2D eigenvalue weighted by atomic mass is 16.5. The maximum Gasteiger partial charge on any atom is 0.159 e. The Labute approximate surface area is 114 Å². The molecule has 0 bridgehead atoms. The number of ketones is 1. The van der Waals surface area contributed by atoms with Crippen molar-refractivity contribution in [3.8, 4) is 11.8 Å². The van der Waals surface area contributed by atoms with Crippen molar-refractivity contribution >= 4 is 5.78 Å². The first-order valence-corrected chi connectivity index (χ1v) is 6.40. The number of nitriles is 1. The number of nitrogens with zero attached hydrogens (tertiary/aromatic N) is 2. The molecule has 1 rings (SSSR count). The van der Waals surface area contributed by atoms with Gasteiger partial charge >= 0.3 is 0 Å². The van der Waals surface area contributed by atoms with Crippen molar-refractivity contribution in [1.82, 2.24) is 4.90 Å². The van der Waals surface area contributed by atoms with E-state index in [9.17, 15) is 4.79 Å². The quantitative estimate of drug-likeness (QED) is 0.707. The standard InChI is InChI=1S/C15H20N2O2/c1-4-19-15-7-6-13(12(2)18)10-14(15)11-17(3)9-5-8-16/h6-7,10H,4-5,9,11H2,1-3H3. The molecule has 0 saturated carbocycles. The summed E-state index contributed by atoms with van der Waals surface area (Å²) < 4.78 is 5.57. The fourth-order valence-electron chi connectivity index (χ4n) is 1.83.